The molecular weight excluding hydrogens is 374 g/mol. The van der Waals surface area contributed by atoms with Crippen LogP contribution < -0.4 is 5.32 Å². The maximum absolute atomic E-state index is 13.8. The third kappa shape index (κ3) is 3.44. The number of halogens is 2. The number of benzene rings is 1. The summed E-state index contributed by atoms with van der Waals surface area (Å²) in [5, 5.41) is 2.87. The molecule has 6 heteroatoms. The molecule has 0 saturated heterocycles. The van der Waals surface area contributed by atoms with Crippen molar-refractivity contribution in [3.05, 3.63) is 51.6 Å². The number of nitrogens with one attached hydrogen (secondary N) is 1. The van der Waals surface area contributed by atoms with Gasteiger partial charge in [-0.3, -0.25) is 4.98 Å². The van der Waals surface area contributed by atoms with Crippen molar-refractivity contribution in [2.24, 2.45) is 0 Å². The van der Waals surface area contributed by atoms with E-state index in [-0.39, 0.29) is 12.3 Å². The summed E-state index contributed by atoms with van der Waals surface area (Å²) in [5.41, 5.74) is 1.01. The summed E-state index contributed by atoms with van der Waals surface area (Å²) < 4.78 is 19.6. The van der Waals surface area contributed by atoms with Gasteiger partial charge in [-0.05, 0) is 53.8 Å². The van der Waals surface area contributed by atoms with Crippen LogP contribution in [0.15, 0.2) is 36.7 Å². The van der Waals surface area contributed by atoms with E-state index in [9.17, 15) is 9.18 Å². The molecule has 0 aliphatic carbocycles. The Labute approximate surface area is 129 Å². The van der Waals surface area contributed by atoms with Crippen molar-refractivity contribution in [2.45, 2.75) is 6.92 Å². The minimum Gasteiger partial charge on any atom is -0.462 e. The highest BCUT2D eigenvalue weighted by Crippen LogP contribution is 2.24. The molecule has 1 aromatic heterocycles. The zero-order valence-corrected chi connectivity index (χ0v) is 12.8. The van der Waals surface area contributed by atoms with Crippen LogP contribution in [-0.2, 0) is 4.74 Å². The molecule has 0 fully saturated rings. The van der Waals surface area contributed by atoms with Crippen LogP contribution in [0, 0.1) is 9.39 Å². The molecule has 0 aliphatic heterocycles. The Morgan fingerprint density at radius 1 is 1.40 bits per heavy atom. The van der Waals surface area contributed by atoms with E-state index in [1.807, 2.05) is 22.6 Å². The lowest BCUT2D eigenvalue weighted by Gasteiger charge is -2.11. The average molecular weight is 386 g/mol. The molecule has 0 radical (unpaired) electrons. The summed E-state index contributed by atoms with van der Waals surface area (Å²) in [6.07, 6.45) is 2.95. The van der Waals surface area contributed by atoms with Gasteiger partial charge in [-0.15, -0.1) is 0 Å². The van der Waals surface area contributed by atoms with Gasteiger partial charge in [-0.2, -0.15) is 0 Å². The van der Waals surface area contributed by atoms with E-state index in [2.05, 4.69) is 10.3 Å². The quantitative estimate of drug-likeness (QED) is 0.643. The molecule has 0 saturated carbocycles. The second-order valence-electron chi connectivity index (χ2n) is 3.89. The van der Waals surface area contributed by atoms with E-state index in [1.54, 1.807) is 19.1 Å². The molecule has 0 unspecified atom stereocenters. The minimum atomic E-state index is -0.469. The number of carbonyl (C=O) groups excluding carboxylic acids is 1. The molecule has 0 atom stereocenters. The summed E-state index contributed by atoms with van der Waals surface area (Å²) in [4.78, 5) is 15.7. The fraction of sp³-hybridized carbons (Fsp3) is 0.143. The smallest absolute Gasteiger partial charge is 0.340 e. The highest BCUT2D eigenvalue weighted by molar-refractivity contribution is 14.1. The predicted octanol–water partition coefficient (Wildman–Crippen LogP) is 3.75. The van der Waals surface area contributed by atoms with Gasteiger partial charge in [0, 0.05) is 9.77 Å². The second-order valence-corrected chi connectivity index (χ2v) is 5.14. The predicted molar refractivity (Wildman–Crippen MR) is 82.6 cm³/mol. The lowest BCUT2D eigenvalue weighted by molar-refractivity contribution is 0.0527. The van der Waals surface area contributed by atoms with Crippen LogP contribution in [0.5, 0.6) is 0 Å². The molecule has 0 amide bonds. The molecule has 1 aromatic carbocycles. The van der Waals surface area contributed by atoms with Gasteiger partial charge in [-0.25, -0.2) is 9.18 Å². The van der Waals surface area contributed by atoms with Crippen molar-refractivity contribution >= 4 is 39.9 Å². The minimum absolute atomic E-state index is 0.276. The van der Waals surface area contributed by atoms with E-state index in [1.165, 1.54) is 24.5 Å². The normalized spacial score (nSPS) is 10.2. The maximum Gasteiger partial charge on any atom is 0.340 e. The van der Waals surface area contributed by atoms with Gasteiger partial charge in [0.25, 0.3) is 0 Å². The summed E-state index contributed by atoms with van der Waals surface area (Å²) in [6.45, 7) is 2.00. The molecule has 104 valence electrons. The molecule has 4 nitrogen and oxygen atoms in total. The van der Waals surface area contributed by atoms with E-state index in [0.29, 0.717) is 11.3 Å². The summed E-state index contributed by atoms with van der Waals surface area (Å²) >= 11 is 2.03. The summed E-state index contributed by atoms with van der Waals surface area (Å²) in [7, 11) is 0. The number of ether oxygens (including phenoxy) is 1. The second kappa shape index (κ2) is 6.65. The monoisotopic (exact) mass is 386 g/mol. The van der Waals surface area contributed by atoms with Crippen molar-refractivity contribution in [1.29, 1.82) is 0 Å². The number of rotatable bonds is 4. The van der Waals surface area contributed by atoms with Gasteiger partial charge < -0.3 is 10.1 Å². The van der Waals surface area contributed by atoms with Crippen LogP contribution in [0.1, 0.15) is 17.3 Å². The number of pyridine rings is 1. The molecule has 1 heterocycles. The van der Waals surface area contributed by atoms with E-state index in [0.717, 1.165) is 3.57 Å². The Kier molecular flexibility index (Phi) is 4.89. The Hall–Kier alpha value is -1.70. The fourth-order valence-electron chi connectivity index (χ4n) is 1.62. The first-order chi connectivity index (χ1) is 9.61. The Morgan fingerprint density at radius 3 is 2.90 bits per heavy atom. The Balaban J connectivity index is 2.31. The number of hydrogen-bond donors (Lipinski definition) is 1. The first-order valence-corrected chi connectivity index (χ1v) is 7.03. The standard InChI is InChI=1S/C14H12FIN2O2/c1-2-20-14(19)10-5-6-17-8-13(10)18-12-4-3-9(16)7-11(12)15/h3-8,18H,2H2,1H3. The lowest BCUT2D eigenvalue weighted by Crippen LogP contribution is -2.08. The van der Waals surface area contributed by atoms with E-state index >= 15 is 0 Å². The van der Waals surface area contributed by atoms with E-state index < -0.39 is 11.8 Å². The zero-order chi connectivity index (χ0) is 14.5. The molecule has 2 rings (SSSR count). The molecule has 0 bridgehead atoms. The van der Waals surface area contributed by atoms with Crippen LogP contribution in [0.3, 0.4) is 0 Å². The summed E-state index contributed by atoms with van der Waals surface area (Å²) in [6, 6.07) is 6.32. The van der Waals surface area contributed by atoms with Crippen LogP contribution in [0.4, 0.5) is 15.8 Å². The van der Waals surface area contributed by atoms with Gasteiger partial charge >= 0.3 is 5.97 Å². The highest BCUT2D eigenvalue weighted by Gasteiger charge is 2.13. The average Bonchev–Trinajstić information content (AvgIpc) is 2.43. The SMILES string of the molecule is CCOC(=O)c1ccncc1Nc1ccc(I)cc1F. The van der Waals surface area contributed by atoms with Crippen LogP contribution in [0.2, 0.25) is 0 Å². The number of anilines is 2. The number of esters is 1. The lowest BCUT2D eigenvalue weighted by atomic mass is 10.2. The van der Waals surface area contributed by atoms with Gasteiger partial charge in [-0.1, -0.05) is 0 Å². The Bertz CT molecular complexity index is 634. The largest absolute Gasteiger partial charge is 0.462 e. The Morgan fingerprint density at radius 2 is 2.20 bits per heavy atom. The van der Waals surface area contributed by atoms with Crippen LogP contribution in [0.25, 0.3) is 0 Å². The molecule has 1 N–H and O–H groups in total. The van der Waals surface area contributed by atoms with Crippen molar-refractivity contribution < 1.29 is 13.9 Å². The van der Waals surface area contributed by atoms with Crippen molar-refractivity contribution in [3.8, 4) is 0 Å². The van der Waals surface area contributed by atoms with Gasteiger partial charge in [0.15, 0.2) is 0 Å². The van der Waals surface area contributed by atoms with Crippen molar-refractivity contribution in [1.82, 2.24) is 4.98 Å². The number of hydrogen-bond acceptors (Lipinski definition) is 4. The molecule has 0 aliphatic rings. The summed E-state index contributed by atoms with van der Waals surface area (Å²) in [5.74, 6) is -0.862. The van der Waals surface area contributed by atoms with Gasteiger partial charge in [0.1, 0.15) is 5.82 Å². The zero-order valence-electron chi connectivity index (χ0n) is 10.7. The molecule has 20 heavy (non-hydrogen) atoms. The number of carbonyl (C=O) groups is 1. The first kappa shape index (κ1) is 14.7. The number of nitrogens with zero attached hydrogens (tertiary/aromatic N) is 1. The van der Waals surface area contributed by atoms with Gasteiger partial charge in [0.05, 0.1) is 29.7 Å². The maximum atomic E-state index is 13.8. The van der Waals surface area contributed by atoms with Crippen molar-refractivity contribution in [3.63, 3.8) is 0 Å². The highest BCUT2D eigenvalue weighted by atomic mass is 127. The fourth-order valence-corrected chi connectivity index (χ4v) is 2.07. The van der Waals surface area contributed by atoms with Gasteiger partial charge in [0.2, 0.25) is 0 Å². The third-order valence-electron chi connectivity index (χ3n) is 2.52. The van der Waals surface area contributed by atoms with Crippen molar-refractivity contribution in [2.75, 3.05) is 11.9 Å². The first-order valence-electron chi connectivity index (χ1n) is 5.95. The molecule has 0 spiro atoms. The third-order valence-corrected chi connectivity index (χ3v) is 3.19. The van der Waals surface area contributed by atoms with Crippen LogP contribution in [-0.4, -0.2) is 17.6 Å². The molecular formula is C14H12FIN2O2. The van der Waals surface area contributed by atoms with E-state index in [4.69, 9.17) is 4.74 Å². The topological polar surface area (TPSA) is 51.2 Å². The van der Waals surface area contributed by atoms with Crippen LogP contribution >= 0.6 is 22.6 Å². The molecule has 2 aromatic rings. The number of aromatic nitrogens is 1.